The molecule has 26 heavy (non-hydrogen) atoms. The first-order chi connectivity index (χ1) is 12.8. The van der Waals surface area contributed by atoms with E-state index in [-0.39, 0.29) is 0 Å². The van der Waals surface area contributed by atoms with Crippen molar-refractivity contribution in [3.8, 4) is 11.3 Å². The molecule has 0 radical (unpaired) electrons. The smallest absolute Gasteiger partial charge is 0.184 e. The standard InChI is InChI=1S/C19H26N4O3/c1-2-26-19(24)16-14-17(15-6-4-3-5-7-15)21-22-18(16)20-8-9-23-10-12-25-13-11-23/h3-7,14,19,24H,2,8-13H2,1H3,(H,20,22). The number of ether oxygens (including phenoxy) is 2. The highest BCUT2D eigenvalue weighted by Crippen LogP contribution is 2.26. The number of aliphatic hydroxyl groups is 1. The Hall–Kier alpha value is -2.06. The number of benzene rings is 1. The lowest BCUT2D eigenvalue weighted by atomic mass is 10.1. The molecular weight excluding hydrogens is 332 g/mol. The van der Waals surface area contributed by atoms with Crippen molar-refractivity contribution in [3.05, 3.63) is 42.0 Å². The Morgan fingerprint density at radius 3 is 2.73 bits per heavy atom. The van der Waals surface area contributed by atoms with Crippen LogP contribution in [0.15, 0.2) is 36.4 Å². The van der Waals surface area contributed by atoms with E-state index in [0.717, 1.165) is 38.4 Å². The third-order valence-electron chi connectivity index (χ3n) is 4.31. The average Bonchev–Trinajstić information content (AvgIpc) is 2.70. The summed E-state index contributed by atoms with van der Waals surface area (Å²) in [5.41, 5.74) is 2.26. The first-order valence-corrected chi connectivity index (χ1v) is 9.04. The van der Waals surface area contributed by atoms with Gasteiger partial charge in [0.25, 0.3) is 0 Å². The van der Waals surface area contributed by atoms with Crippen LogP contribution in [0, 0.1) is 0 Å². The predicted molar refractivity (Wildman–Crippen MR) is 99.8 cm³/mol. The maximum absolute atomic E-state index is 10.4. The van der Waals surface area contributed by atoms with Crippen LogP contribution in [0.2, 0.25) is 0 Å². The van der Waals surface area contributed by atoms with Crippen LogP contribution < -0.4 is 5.32 Å². The lowest BCUT2D eigenvalue weighted by molar-refractivity contribution is -0.0976. The van der Waals surface area contributed by atoms with Gasteiger partial charge < -0.3 is 19.9 Å². The van der Waals surface area contributed by atoms with Crippen LogP contribution in [0.5, 0.6) is 0 Å². The van der Waals surface area contributed by atoms with Gasteiger partial charge in [0.2, 0.25) is 0 Å². The Balaban J connectivity index is 1.72. The summed E-state index contributed by atoms with van der Waals surface area (Å²) in [5, 5.41) is 22.2. The molecule has 1 unspecified atom stereocenters. The lowest BCUT2D eigenvalue weighted by Gasteiger charge is -2.26. The van der Waals surface area contributed by atoms with Crippen LogP contribution in [0.1, 0.15) is 18.8 Å². The van der Waals surface area contributed by atoms with Crippen molar-refractivity contribution in [2.24, 2.45) is 0 Å². The number of aliphatic hydroxyl groups excluding tert-OH is 1. The molecule has 0 amide bonds. The minimum atomic E-state index is -1.04. The van der Waals surface area contributed by atoms with Gasteiger partial charge in [-0.25, -0.2) is 0 Å². The van der Waals surface area contributed by atoms with E-state index < -0.39 is 6.29 Å². The molecule has 1 aromatic heterocycles. The molecule has 1 saturated heterocycles. The van der Waals surface area contributed by atoms with E-state index in [0.29, 0.717) is 30.2 Å². The van der Waals surface area contributed by atoms with Crippen LogP contribution in [0.3, 0.4) is 0 Å². The molecule has 2 heterocycles. The molecule has 1 atom stereocenters. The first-order valence-electron chi connectivity index (χ1n) is 9.04. The second kappa shape index (κ2) is 9.59. The van der Waals surface area contributed by atoms with E-state index in [2.05, 4.69) is 20.4 Å². The van der Waals surface area contributed by atoms with Crippen LogP contribution in [0.4, 0.5) is 5.82 Å². The minimum Gasteiger partial charge on any atom is -0.379 e. The highest BCUT2D eigenvalue weighted by atomic mass is 16.6. The Bertz CT molecular complexity index is 678. The molecule has 0 bridgehead atoms. The fourth-order valence-corrected chi connectivity index (χ4v) is 2.89. The molecule has 3 rings (SSSR count). The van der Waals surface area contributed by atoms with Gasteiger partial charge in [-0.1, -0.05) is 30.3 Å². The average molecular weight is 358 g/mol. The number of aromatic nitrogens is 2. The maximum Gasteiger partial charge on any atom is 0.184 e. The summed E-state index contributed by atoms with van der Waals surface area (Å²) in [5.74, 6) is 0.555. The third-order valence-corrected chi connectivity index (χ3v) is 4.31. The van der Waals surface area contributed by atoms with Gasteiger partial charge in [-0.05, 0) is 13.0 Å². The number of rotatable bonds is 8. The second-order valence-corrected chi connectivity index (χ2v) is 6.09. The fraction of sp³-hybridized carbons (Fsp3) is 0.474. The molecule has 0 aliphatic carbocycles. The van der Waals surface area contributed by atoms with E-state index in [4.69, 9.17) is 9.47 Å². The Kier molecular flexibility index (Phi) is 6.90. The van der Waals surface area contributed by atoms with Gasteiger partial charge in [0.05, 0.1) is 24.5 Å². The summed E-state index contributed by atoms with van der Waals surface area (Å²) < 4.78 is 10.7. The number of nitrogens with zero attached hydrogens (tertiary/aromatic N) is 3. The second-order valence-electron chi connectivity index (χ2n) is 6.09. The van der Waals surface area contributed by atoms with Gasteiger partial charge in [0.15, 0.2) is 12.1 Å². The molecule has 0 saturated carbocycles. The lowest BCUT2D eigenvalue weighted by Crippen LogP contribution is -2.39. The zero-order valence-electron chi connectivity index (χ0n) is 15.1. The van der Waals surface area contributed by atoms with Crippen molar-refractivity contribution in [2.75, 3.05) is 51.3 Å². The van der Waals surface area contributed by atoms with Gasteiger partial charge in [0, 0.05) is 38.3 Å². The first kappa shape index (κ1) is 18.7. The number of hydrogen-bond donors (Lipinski definition) is 2. The monoisotopic (exact) mass is 358 g/mol. The van der Waals surface area contributed by atoms with Gasteiger partial charge in [-0.2, -0.15) is 0 Å². The normalized spacial score (nSPS) is 16.4. The fourth-order valence-electron chi connectivity index (χ4n) is 2.89. The van der Waals surface area contributed by atoms with E-state index in [1.807, 2.05) is 43.3 Å². The minimum absolute atomic E-state index is 0.414. The number of anilines is 1. The molecule has 2 aromatic rings. The summed E-state index contributed by atoms with van der Waals surface area (Å²) in [6.45, 7) is 7.29. The number of morpholine rings is 1. The van der Waals surface area contributed by atoms with Crippen molar-refractivity contribution in [3.63, 3.8) is 0 Å². The van der Waals surface area contributed by atoms with Crippen LogP contribution in [0.25, 0.3) is 11.3 Å². The van der Waals surface area contributed by atoms with Gasteiger partial charge in [-0.3, -0.25) is 4.90 Å². The van der Waals surface area contributed by atoms with Gasteiger partial charge in [-0.15, -0.1) is 10.2 Å². The molecule has 1 aromatic carbocycles. The van der Waals surface area contributed by atoms with Crippen LogP contribution in [-0.4, -0.2) is 66.2 Å². The molecular formula is C19H26N4O3. The summed E-state index contributed by atoms with van der Waals surface area (Å²) in [7, 11) is 0. The quantitative estimate of drug-likeness (QED) is 0.698. The van der Waals surface area contributed by atoms with Gasteiger partial charge in [0.1, 0.15) is 0 Å². The topological polar surface area (TPSA) is 79.7 Å². The Labute approximate surface area is 154 Å². The summed E-state index contributed by atoms with van der Waals surface area (Å²) in [6.07, 6.45) is -1.04. The van der Waals surface area contributed by atoms with E-state index >= 15 is 0 Å². The molecule has 2 N–H and O–H groups in total. The molecule has 0 spiro atoms. The molecule has 1 aliphatic rings. The van der Waals surface area contributed by atoms with E-state index in [1.54, 1.807) is 0 Å². The van der Waals surface area contributed by atoms with E-state index in [1.165, 1.54) is 0 Å². The predicted octanol–water partition coefficient (Wildman–Crippen LogP) is 1.92. The molecule has 140 valence electrons. The van der Waals surface area contributed by atoms with Crippen molar-refractivity contribution >= 4 is 5.82 Å². The zero-order valence-corrected chi connectivity index (χ0v) is 15.1. The van der Waals surface area contributed by atoms with Crippen molar-refractivity contribution in [1.82, 2.24) is 15.1 Å². The molecule has 7 nitrogen and oxygen atoms in total. The Morgan fingerprint density at radius 2 is 2.00 bits per heavy atom. The Morgan fingerprint density at radius 1 is 1.23 bits per heavy atom. The van der Waals surface area contributed by atoms with Crippen molar-refractivity contribution in [1.29, 1.82) is 0 Å². The summed E-state index contributed by atoms with van der Waals surface area (Å²) in [4.78, 5) is 2.33. The van der Waals surface area contributed by atoms with Crippen LogP contribution >= 0.6 is 0 Å². The zero-order chi connectivity index (χ0) is 18.2. The SMILES string of the molecule is CCOC(O)c1cc(-c2ccccc2)nnc1NCCN1CCOCC1. The van der Waals surface area contributed by atoms with Crippen molar-refractivity contribution in [2.45, 2.75) is 13.2 Å². The molecule has 1 fully saturated rings. The maximum atomic E-state index is 10.4. The van der Waals surface area contributed by atoms with Crippen LogP contribution in [-0.2, 0) is 9.47 Å². The largest absolute Gasteiger partial charge is 0.379 e. The highest BCUT2D eigenvalue weighted by molar-refractivity contribution is 5.61. The van der Waals surface area contributed by atoms with E-state index in [9.17, 15) is 5.11 Å². The number of nitrogens with one attached hydrogen (secondary N) is 1. The number of hydrogen-bond acceptors (Lipinski definition) is 7. The van der Waals surface area contributed by atoms with Crippen molar-refractivity contribution < 1.29 is 14.6 Å². The highest BCUT2D eigenvalue weighted by Gasteiger charge is 2.17. The molecule has 1 aliphatic heterocycles. The van der Waals surface area contributed by atoms with Gasteiger partial charge >= 0.3 is 0 Å². The summed E-state index contributed by atoms with van der Waals surface area (Å²) >= 11 is 0. The summed E-state index contributed by atoms with van der Waals surface area (Å²) in [6, 6.07) is 11.6. The molecule has 7 heteroatoms. The third kappa shape index (κ3) is 4.98.